The number of piperidine rings is 1. The Morgan fingerprint density at radius 2 is 2.08 bits per heavy atom. The van der Waals surface area contributed by atoms with E-state index in [1.54, 1.807) is 31.5 Å². The molecular weight excluding hydrogens is 555 g/mol. The quantitative estimate of drug-likeness (QED) is 0.182. The highest BCUT2D eigenvalue weighted by atomic mass is 32.2. The van der Waals surface area contributed by atoms with Crippen LogP contribution in [0.25, 0.3) is 5.52 Å². The maximum absolute atomic E-state index is 14.6. The van der Waals surface area contributed by atoms with Gasteiger partial charge in [-0.2, -0.15) is 18.2 Å². The van der Waals surface area contributed by atoms with Gasteiger partial charge in [-0.25, -0.2) is 9.37 Å². The first-order valence-corrected chi connectivity index (χ1v) is 15.5. The average Bonchev–Trinajstić information content (AvgIpc) is 3.19. The van der Waals surface area contributed by atoms with E-state index in [-0.39, 0.29) is 46.9 Å². The van der Waals surface area contributed by atoms with Crippen LogP contribution in [0, 0.1) is 11.8 Å². The Kier molecular flexibility index (Phi) is 8.69. The molecule has 1 aliphatic rings. The van der Waals surface area contributed by atoms with Crippen LogP contribution in [0.3, 0.4) is 0 Å². The molecule has 0 aliphatic carbocycles. The number of likely N-dealkylation sites (tertiary alicyclic amines) is 1. The van der Waals surface area contributed by atoms with Crippen molar-refractivity contribution in [1.82, 2.24) is 19.3 Å². The summed E-state index contributed by atoms with van der Waals surface area (Å²) in [5.41, 5.74) is -2.76. The van der Waals surface area contributed by atoms with Gasteiger partial charge in [-0.15, -0.1) is 0 Å². The molecule has 210 valence electrons. The van der Waals surface area contributed by atoms with E-state index in [4.69, 9.17) is 4.74 Å². The zero-order valence-corrected chi connectivity index (χ0v) is 23.6. The lowest BCUT2D eigenvalue weighted by atomic mass is 10.0. The maximum atomic E-state index is 14.6. The van der Waals surface area contributed by atoms with Crippen molar-refractivity contribution in [1.29, 1.82) is 0 Å². The van der Waals surface area contributed by atoms with Crippen LogP contribution in [-0.4, -0.2) is 84.1 Å². The fourth-order valence-electron chi connectivity index (χ4n) is 4.19. The highest BCUT2D eigenvalue weighted by molar-refractivity contribution is 8.00. The van der Waals surface area contributed by atoms with Crippen LogP contribution < -0.4 is 20.9 Å². The first kappa shape index (κ1) is 29.1. The Morgan fingerprint density at radius 3 is 2.74 bits per heavy atom. The number of methoxy groups -OCH3 is 1. The van der Waals surface area contributed by atoms with Crippen molar-refractivity contribution in [3.8, 4) is 17.7 Å². The molecule has 2 atom stereocenters. The molecular formula is C25H29F4N6O2PS. The number of halogens is 4. The van der Waals surface area contributed by atoms with E-state index in [2.05, 4.69) is 32.4 Å². The number of aromatic nitrogens is 3. The van der Waals surface area contributed by atoms with Crippen molar-refractivity contribution < 1.29 is 26.9 Å². The number of thioether (sulfide) groups is 1. The standard InChI is InChI=1S/C25H29F4N6O2PS/c1-34-12-9-18(17(26)15-34)32-19-8-6-11-35-21(19)13-16(23(35)39-25(27,28)29)7-5-10-30-20-14-31-24(38(3,4)36)33-22(20)37-2/h6,8,11,13-14,17-18,30,32H,9-10,12,15H2,1-4H3/t17-,18+/m0/s1. The number of hydrogen-bond donors (Lipinski definition) is 2. The summed E-state index contributed by atoms with van der Waals surface area (Å²) in [6.45, 7) is 4.15. The molecule has 3 aromatic heterocycles. The molecule has 0 aromatic carbocycles. The number of alkyl halides is 4. The predicted octanol–water partition coefficient (Wildman–Crippen LogP) is 4.52. The lowest BCUT2D eigenvalue weighted by Gasteiger charge is -2.33. The lowest BCUT2D eigenvalue weighted by Crippen LogP contribution is -2.46. The summed E-state index contributed by atoms with van der Waals surface area (Å²) in [5, 5.41) is 6.09. The van der Waals surface area contributed by atoms with Crippen LogP contribution in [0.15, 0.2) is 35.6 Å². The van der Waals surface area contributed by atoms with E-state index < -0.39 is 24.9 Å². The van der Waals surface area contributed by atoms with Gasteiger partial charge in [-0.1, -0.05) is 11.8 Å². The fourth-order valence-corrected chi connectivity index (χ4v) is 5.55. The molecule has 0 spiro atoms. The van der Waals surface area contributed by atoms with Gasteiger partial charge in [0.05, 0.1) is 42.7 Å². The fraction of sp³-hybridized carbons (Fsp3) is 0.440. The number of nitrogens with zero attached hydrogens (tertiary/aromatic N) is 4. The monoisotopic (exact) mass is 584 g/mol. The summed E-state index contributed by atoms with van der Waals surface area (Å²) in [6.07, 6.45) is 2.43. The molecule has 1 fully saturated rings. The summed E-state index contributed by atoms with van der Waals surface area (Å²) in [4.78, 5) is 10.2. The summed E-state index contributed by atoms with van der Waals surface area (Å²) in [5.74, 6) is 5.85. The van der Waals surface area contributed by atoms with Gasteiger partial charge in [-0.3, -0.25) is 0 Å². The number of nitrogens with one attached hydrogen (secondary N) is 2. The Bertz CT molecular complexity index is 1450. The van der Waals surface area contributed by atoms with Crippen LogP contribution in [0.4, 0.5) is 28.9 Å². The molecule has 0 unspecified atom stereocenters. The Balaban J connectivity index is 1.60. The van der Waals surface area contributed by atoms with Crippen molar-refractivity contribution in [3.05, 3.63) is 36.2 Å². The van der Waals surface area contributed by atoms with Crippen LogP contribution in [0.5, 0.6) is 5.88 Å². The molecule has 3 aromatic rings. The number of anilines is 2. The molecule has 2 N–H and O–H groups in total. The van der Waals surface area contributed by atoms with E-state index in [0.717, 1.165) is 6.54 Å². The van der Waals surface area contributed by atoms with Gasteiger partial charge in [0, 0.05) is 31.0 Å². The summed E-state index contributed by atoms with van der Waals surface area (Å²) in [6, 6.07) is 4.47. The number of fused-ring (bicyclic) bond motifs is 1. The summed E-state index contributed by atoms with van der Waals surface area (Å²) >= 11 is -0.251. The third-order valence-electron chi connectivity index (χ3n) is 6.07. The molecule has 0 bridgehead atoms. The van der Waals surface area contributed by atoms with Crippen molar-refractivity contribution in [2.75, 3.05) is 57.8 Å². The van der Waals surface area contributed by atoms with Gasteiger partial charge in [0.2, 0.25) is 5.88 Å². The highest BCUT2D eigenvalue weighted by Crippen LogP contribution is 2.41. The Labute approximate surface area is 228 Å². The van der Waals surface area contributed by atoms with Crippen LogP contribution in [-0.2, 0) is 4.57 Å². The Morgan fingerprint density at radius 1 is 1.31 bits per heavy atom. The van der Waals surface area contributed by atoms with Crippen molar-refractivity contribution >= 4 is 41.4 Å². The van der Waals surface area contributed by atoms with E-state index in [1.807, 2.05) is 11.9 Å². The zero-order valence-electron chi connectivity index (χ0n) is 21.8. The molecule has 14 heteroatoms. The smallest absolute Gasteiger partial charge is 0.447 e. The zero-order chi connectivity index (χ0) is 28.4. The second-order valence-electron chi connectivity index (χ2n) is 9.50. The molecule has 1 aliphatic heterocycles. The molecule has 39 heavy (non-hydrogen) atoms. The second-order valence-corrected chi connectivity index (χ2v) is 13.7. The number of rotatable bonds is 7. The first-order valence-electron chi connectivity index (χ1n) is 12.0. The third kappa shape index (κ3) is 7.18. The number of hydrogen-bond acceptors (Lipinski definition) is 8. The van der Waals surface area contributed by atoms with Crippen molar-refractivity contribution in [2.45, 2.75) is 29.2 Å². The van der Waals surface area contributed by atoms with Crippen LogP contribution >= 0.6 is 18.9 Å². The minimum absolute atomic E-state index is 0.0571. The first-order chi connectivity index (χ1) is 18.4. The van der Waals surface area contributed by atoms with Gasteiger partial charge < -0.3 is 29.2 Å². The minimum Gasteiger partial charge on any atom is -0.479 e. The van der Waals surface area contributed by atoms with E-state index in [0.29, 0.717) is 23.3 Å². The van der Waals surface area contributed by atoms with Crippen LogP contribution in [0.1, 0.15) is 12.0 Å². The van der Waals surface area contributed by atoms with E-state index in [1.165, 1.54) is 23.9 Å². The van der Waals surface area contributed by atoms with Gasteiger partial charge in [0.15, 0.2) is 5.57 Å². The topological polar surface area (TPSA) is 83.8 Å². The summed E-state index contributed by atoms with van der Waals surface area (Å²) < 4.78 is 74.0. The van der Waals surface area contributed by atoms with Gasteiger partial charge in [-0.05, 0) is 45.0 Å². The van der Waals surface area contributed by atoms with Gasteiger partial charge >= 0.3 is 5.51 Å². The minimum atomic E-state index is -4.53. The summed E-state index contributed by atoms with van der Waals surface area (Å²) in [7, 11) is 0.570. The van der Waals surface area contributed by atoms with Gasteiger partial charge in [0.1, 0.15) is 24.0 Å². The number of ether oxygens (including phenoxy) is 1. The van der Waals surface area contributed by atoms with E-state index >= 15 is 0 Å². The lowest BCUT2D eigenvalue weighted by molar-refractivity contribution is -0.0329. The SMILES string of the molecule is COc1nc(P(C)(C)=O)ncc1NCC#Cc1cc2c(N[C@@H]3CCN(C)C[C@@H]3F)cccn2c1SC(F)(F)F. The van der Waals surface area contributed by atoms with Gasteiger partial charge in [0.25, 0.3) is 0 Å². The Hall–Kier alpha value is -2.94. The molecule has 0 amide bonds. The maximum Gasteiger partial charge on any atom is 0.447 e. The molecule has 4 rings (SSSR count). The van der Waals surface area contributed by atoms with Crippen molar-refractivity contribution in [2.24, 2.45) is 0 Å². The normalized spacial score (nSPS) is 18.5. The molecule has 8 nitrogen and oxygen atoms in total. The molecule has 0 saturated carbocycles. The molecule has 0 radical (unpaired) electrons. The van der Waals surface area contributed by atoms with Crippen LogP contribution in [0.2, 0.25) is 0 Å². The molecule has 1 saturated heterocycles. The average molecular weight is 585 g/mol. The van der Waals surface area contributed by atoms with Crippen molar-refractivity contribution in [3.63, 3.8) is 0 Å². The second kappa shape index (κ2) is 11.7. The predicted molar refractivity (Wildman–Crippen MR) is 147 cm³/mol. The largest absolute Gasteiger partial charge is 0.479 e. The molecule has 4 heterocycles. The number of pyridine rings is 1. The third-order valence-corrected chi connectivity index (χ3v) is 8.09. The van der Waals surface area contributed by atoms with E-state index in [9.17, 15) is 22.1 Å². The highest BCUT2D eigenvalue weighted by Gasteiger charge is 2.33.